The van der Waals surface area contributed by atoms with E-state index in [1.165, 1.54) is 12.4 Å². The van der Waals surface area contributed by atoms with Crippen LogP contribution in [0.1, 0.15) is 195 Å². The van der Waals surface area contributed by atoms with Gasteiger partial charge in [0, 0.05) is 122 Å². The lowest BCUT2D eigenvalue weighted by Crippen LogP contribution is -2.13. The minimum absolute atomic E-state index is 0.215. The van der Waals surface area contributed by atoms with E-state index in [1.54, 1.807) is 94.0 Å². The Morgan fingerprint density at radius 1 is 0.351 bits per heavy atom. The predicted molar refractivity (Wildman–Crippen MR) is 437 cm³/mol. The number of ether oxygens (including phenoxy) is 5. The number of aromatic nitrogens is 15. The smallest absolute Gasteiger partial charge is 0.225 e. The molecule has 111 heavy (non-hydrogen) atoms. The van der Waals surface area contributed by atoms with Gasteiger partial charge in [-0.2, -0.15) is 24.9 Å². The summed E-state index contributed by atoms with van der Waals surface area (Å²) < 4.78 is 29.3. The summed E-state index contributed by atoms with van der Waals surface area (Å²) in [6, 6.07) is 9.26. The molecule has 15 N–H and O–H groups in total. The molecule has 0 saturated heterocycles. The van der Waals surface area contributed by atoms with E-state index in [0.29, 0.717) is 122 Å². The van der Waals surface area contributed by atoms with Crippen LogP contribution in [0.25, 0.3) is 0 Å². The molecular weight excluding hydrogens is 1400 g/mol. The minimum atomic E-state index is 0.215. The molecule has 1 aliphatic carbocycles. The third-order valence-corrected chi connectivity index (χ3v) is 15.6. The fourth-order valence-electron chi connectivity index (χ4n) is 9.52. The molecule has 10 aromatic rings. The number of hydrogen-bond donors (Lipinski definition) is 10. The summed E-state index contributed by atoms with van der Waals surface area (Å²) in [4.78, 5) is 62.6. The van der Waals surface area contributed by atoms with Gasteiger partial charge in [0.2, 0.25) is 29.7 Å². The van der Waals surface area contributed by atoms with Crippen LogP contribution in [-0.2, 0) is 0 Å². The van der Waals surface area contributed by atoms with Crippen molar-refractivity contribution in [2.45, 2.75) is 151 Å². The Morgan fingerprint density at radius 3 is 0.829 bits per heavy atom. The van der Waals surface area contributed by atoms with Crippen molar-refractivity contribution in [3.8, 4) is 119 Å². The lowest BCUT2D eigenvalue weighted by molar-refractivity contribution is 0.469. The van der Waals surface area contributed by atoms with E-state index in [1.807, 2.05) is 41.5 Å². The van der Waals surface area contributed by atoms with Crippen molar-refractivity contribution in [3.63, 3.8) is 0 Å². The standard InChI is InChI=1S/C17H19N5O.2C17H21N5O.2C15H17N5O/c1-4-11-7-14(13(8-19-11)10(2)3)23-15-9-20-17(22-16(15)18)21-12-5-6-12;1-6-12-7-14(13(8-19-12)10(2)3)23-15-9-20-17(21-11(4)5)22-16(15)18;1-5-7-19-17-21-10-15(16(18)22-17)23-14-8-12(6-2)20-9-13(14)11(3)4;2*1-5-10-6-12(11(7-18-10)9(2)3)21-13-8-19-15(17-4)20-14(13)16/h1,7-10,12H,5-6H2,2-3H3,(H3,18,20,21,22);1,7-11H,2-5H3,(H3,18,20,21,22);2,8-11H,5,7H2,1,3-4H3,(H3,18,19,21,22);2*1,6-9H,2-4H3,(H3,16,17,19,20). The summed E-state index contributed by atoms with van der Waals surface area (Å²) in [5, 5.41) is 15.0. The number of terminal acetylenes is 5. The first-order valence-electron chi connectivity index (χ1n) is 35.6. The monoisotopic (exact) mass is 1500 g/mol. The first kappa shape index (κ1) is 84.2. The zero-order chi connectivity index (χ0) is 81.0. The molecule has 10 aromatic heterocycles. The average molecular weight is 1500 g/mol. The van der Waals surface area contributed by atoms with Crippen molar-refractivity contribution in [3.05, 3.63) is 149 Å². The molecule has 0 atom stereocenters. The highest BCUT2D eigenvalue weighted by Crippen LogP contribution is 2.39. The maximum atomic E-state index is 5.99. The number of nitrogens with zero attached hydrogens (tertiary/aromatic N) is 15. The van der Waals surface area contributed by atoms with E-state index in [-0.39, 0.29) is 64.7 Å². The van der Waals surface area contributed by atoms with E-state index in [0.717, 1.165) is 53.6 Å². The van der Waals surface area contributed by atoms with Crippen LogP contribution in [0.15, 0.2) is 92.3 Å². The maximum Gasteiger partial charge on any atom is 0.225 e. The molecule has 10 heterocycles. The molecular formula is C81H95N25O5. The molecule has 574 valence electrons. The van der Waals surface area contributed by atoms with Crippen LogP contribution >= 0.6 is 0 Å². The SMILES string of the molecule is C#Cc1cc(Oc2cnc(NC(C)C)nc2N)c(C(C)C)cn1.C#Cc1cc(Oc2cnc(NC)nc2N)c(C(C)C)cn1.C#Cc1cc(Oc2cnc(NC)nc2N)c(C(C)C)cn1.C#Cc1cc(Oc2cnc(NC3CC3)nc2N)c(C(C)C)cn1.C#Cc1cc(Oc2cnc(NCCC)nc2N)c(C(C)C)cn1. The second-order valence-corrected chi connectivity index (χ2v) is 26.4. The molecule has 30 heteroatoms. The van der Waals surface area contributed by atoms with Crippen LogP contribution in [0, 0.1) is 61.7 Å². The van der Waals surface area contributed by atoms with Crippen LogP contribution in [0.3, 0.4) is 0 Å². The molecule has 0 unspecified atom stereocenters. The van der Waals surface area contributed by atoms with Gasteiger partial charge in [0.05, 0.1) is 31.0 Å². The summed E-state index contributed by atoms with van der Waals surface area (Å²) in [5.41, 5.74) is 36.9. The van der Waals surface area contributed by atoms with Gasteiger partial charge in [0.25, 0.3) is 0 Å². The van der Waals surface area contributed by atoms with Crippen LogP contribution < -0.4 is 78.9 Å². The maximum absolute atomic E-state index is 5.99. The van der Waals surface area contributed by atoms with Crippen molar-refractivity contribution in [2.75, 3.05) is 75.9 Å². The summed E-state index contributed by atoms with van der Waals surface area (Å²) in [6.07, 6.45) is 46.6. The van der Waals surface area contributed by atoms with Gasteiger partial charge in [0.15, 0.2) is 57.8 Å². The molecule has 0 aliphatic heterocycles. The average Bonchev–Trinajstić information content (AvgIpc) is 1.42. The van der Waals surface area contributed by atoms with Gasteiger partial charge in [0.1, 0.15) is 57.2 Å². The van der Waals surface area contributed by atoms with E-state index in [4.69, 9.17) is 84.5 Å². The highest BCUT2D eigenvalue weighted by Gasteiger charge is 2.24. The van der Waals surface area contributed by atoms with Gasteiger partial charge in [-0.3, -0.25) is 0 Å². The summed E-state index contributed by atoms with van der Waals surface area (Å²) in [5.74, 6) is 22.4. The Balaban J connectivity index is 0.000000193. The number of nitrogens with two attached hydrogens (primary N) is 5. The zero-order valence-corrected chi connectivity index (χ0v) is 65.1. The van der Waals surface area contributed by atoms with Gasteiger partial charge >= 0.3 is 0 Å². The molecule has 11 rings (SSSR count). The van der Waals surface area contributed by atoms with Crippen molar-refractivity contribution >= 4 is 58.8 Å². The van der Waals surface area contributed by atoms with Crippen LogP contribution in [0.4, 0.5) is 58.8 Å². The second-order valence-electron chi connectivity index (χ2n) is 26.4. The Kier molecular flexibility index (Phi) is 30.8. The molecule has 1 aliphatic rings. The molecule has 30 nitrogen and oxygen atoms in total. The van der Waals surface area contributed by atoms with Crippen molar-refractivity contribution in [1.82, 2.24) is 74.8 Å². The van der Waals surface area contributed by atoms with Gasteiger partial charge in [-0.05, 0) is 62.7 Å². The predicted octanol–water partition coefficient (Wildman–Crippen LogP) is 14.1. The largest absolute Gasteiger partial charge is 0.451 e. The van der Waals surface area contributed by atoms with E-state index in [2.05, 4.69) is 179 Å². The van der Waals surface area contributed by atoms with Gasteiger partial charge in [-0.15, -0.1) is 32.1 Å². The normalized spacial score (nSPS) is 11.1. The lowest BCUT2D eigenvalue weighted by Gasteiger charge is -2.15. The topological polar surface area (TPSA) is 430 Å². The summed E-state index contributed by atoms with van der Waals surface area (Å²) >= 11 is 0. The summed E-state index contributed by atoms with van der Waals surface area (Å²) in [7, 11) is 3.43. The van der Waals surface area contributed by atoms with E-state index >= 15 is 0 Å². The highest BCUT2D eigenvalue weighted by atomic mass is 16.5. The second kappa shape index (κ2) is 40.6. The lowest BCUT2D eigenvalue weighted by atomic mass is 10.0. The Morgan fingerprint density at radius 2 is 0.595 bits per heavy atom. The third kappa shape index (κ3) is 24.8. The van der Waals surface area contributed by atoms with Gasteiger partial charge in [-0.25, -0.2) is 49.8 Å². The number of nitrogen functional groups attached to an aromatic ring is 5. The zero-order valence-electron chi connectivity index (χ0n) is 65.1. The first-order valence-corrected chi connectivity index (χ1v) is 35.6. The molecule has 0 amide bonds. The summed E-state index contributed by atoms with van der Waals surface area (Å²) in [6.45, 7) is 27.3. The Labute approximate surface area is 648 Å². The number of rotatable bonds is 24. The Bertz CT molecular complexity index is 4810. The number of anilines is 10. The number of hydrogen-bond acceptors (Lipinski definition) is 30. The Hall–Kier alpha value is -14.1. The van der Waals surface area contributed by atoms with Crippen LogP contribution in [0.5, 0.6) is 57.5 Å². The fourth-order valence-corrected chi connectivity index (χ4v) is 9.52. The minimum Gasteiger partial charge on any atom is -0.451 e. The van der Waals surface area contributed by atoms with Crippen molar-refractivity contribution < 1.29 is 23.7 Å². The quantitative estimate of drug-likeness (QED) is 0.0251. The first-order chi connectivity index (χ1) is 53.1. The highest BCUT2D eigenvalue weighted by molar-refractivity contribution is 5.57. The van der Waals surface area contributed by atoms with E-state index < -0.39 is 0 Å². The van der Waals surface area contributed by atoms with Gasteiger partial charge < -0.3 is 78.9 Å². The molecule has 0 aromatic carbocycles. The molecule has 0 bridgehead atoms. The molecule has 0 spiro atoms. The number of nitrogens with one attached hydrogen (secondary N) is 5. The van der Waals surface area contributed by atoms with E-state index in [9.17, 15) is 0 Å². The number of pyridine rings is 5. The van der Waals surface area contributed by atoms with Gasteiger partial charge in [-0.1, -0.05) is 106 Å². The molecule has 0 radical (unpaired) electrons. The van der Waals surface area contributed by atoms with Crippen molar-refractivity contribution in [1.29, 1.82) is 0 Å². The fraction of sp³-hybridized carbons (Fsp3) is 0.321. The van der Waals surface area contributed by atoms with Crippen LogP contribution in [0.2, 0.25) is 0 Å². The van der Waals surface area contributed by atoms with Crippen molar-refractivity contribution in [2.24, 2.45) is 0 Å². The molecule has 1 fully saturated rings. The van der Waals surface area contributed by atoms with Crippen LogP contribution in [-0.4, -0.2) is 107 Å². The molecule has 1 saturated carbocycles. The third-order valence-electron chi connectivity index (χ3n) is 15.6.